The molecule has 0 aliphatic carbocycles. The maximum absolute atomic E-state index is 13.0. The van der Waals surface area contributed by atoms with Gasteiger partial charge in [-0.25, -0.2) is 0 Å². The van der Waals surface area contributed by atoms with Crippen LogP contribution >= 0.6 is 11.3 Å². The number of nitrogens with one attached hydrogen (secondary N) is 2. The van der Waals surface area contributed by atoms with Crippen LogP contribution in [-0.2, 0) is 4.79 Å². The zero-order valence-electron chi connectivity index (χ0n) is 17.8. The van der Waals surface area contributed by atoms with E-state index >= 15 is 0 Å². The second kappa shape index (κ2) is 10.5. The van der Waals surface area contributed by atoms with Crippen LogP contribution in [0.2, 0.25) is 0 Å². The standard InChI is InChI=1S/C23H29N3O4S/c1-15(2)14-19(23(30)26-11-9-18(27)10-12-26)25-21(28)16-5-7-17(8-6-16)24-22(29)20-4-3-13-31-20/h3-8,13,15,18-19,27H,9-12,14H2,1-2H3,(H,24,29)(H,25,28)/t19-/m0/s1. The number of anilines is 1. The van der Waals surface area contributed by atoms with E-state index in [9.17, 15) is 19.5 Å². The Morgan fingerprint density at radius 3 is 2.35 bits per heavy atom. The Hall–Kier alpha value is -2.71. The molecule has 3 N–H and O–H groups in total. The van der Waals surface area contributed by atoms with Gasteiger partial charge in [0.15, 0.2) is 0 Å². The molecule has 3 rings (SSSR count). The van der Waals surface area contributed by atoms with Crippen molar-refractivity contribution in [2.45, 2.75) is 45.3 Å². The summed E-state index contributed by atoms with van der Waals surface area (Å²) in [6.07, 6.45) is 1.30. The number of carbonyl (C=O) groups is 3. The Balaban J connectivity index is 1.62. The van der Waals surface area contributed by atoms with Crippen LogP contribution in [0.4, 0.5) is 5.69 Å². The van der Waals surface area contributed by atoms with Crippen molar-refractivity contribution < 1.29 is 19.5 Å². The lowest BCUT2D eigenvalue weighted by atomic mass is 10.00. The van der Waals surface area contributed by atoms with Crippen molar-refractivity contribution in [3.8, 4) is 0 Å². The molecule has 2 aromatic rings. The average Bonchev–Trinajstić information content (AvgIpc) is 3.28. The third-order valence-electron chi connectivity index (χ3n) is 5.24. The highest BCUT2D eigenvalue weighted by Gasteiger charge is 2.29. The van der Waals surface area contributed by atoms with Gasteiger partial charge in [0.05, 0.1) is 11.0 Å². The molecule has 7 nitrogen and oxygen atoms in total. The SMILES string of the molecule is CC(C)C[C@H](NC(=O)c1ccc(NC(=O)c2cccs2)cc1)C(=O)N1CCC(O)CC1. The molecule has 0 bridgehead atoms. The molecule has 1 fully saturated rings. The van der Waals surface area contributed by atoms with Gasteiger partial charge in [-0.05, 0) is 60.9 Å². The van der Waals surface area contributed by atoms with Gasteiger partial charge in [0, 0.05) is 24.3 Å². The van der Waals surface area contributed by atoms with Crippen LogP contribution in [0, 0.1) is 5.92 Å². The number of thiophene rings is 1. The van der Waals surface area contributed by atoms with Crippen LogP contribution < -0.4 is 10.6 Å². The first-order valence-electron chi connectivity index (χ1n) is 10.6. The second-order valence-electron chi connectivity index (χ2n) is 8.22. The third kappa shape index (κ3) is 6.38. The molecule has 1 aliphatic heterocycles. The van der Waals surface area contributed by atoms with Crippen LogP contribution in [0.5, 0.6) is 0 Å². The molecule has 1 aliphatic rings. The molecule has 1 aromatic heterocycles. The minimum Gasteiger partial charge on any atom is -0.393 e. The highest BCUT2D eigenvalue weighted by molar-refractivity contribution is 7.12. The molecule has 3 amide bonds. The summed E-state index contributed by atoms with van der Waals surface area (Å²) in [5.41, 5.74) is 1.02. The Morgan fingerprint density at radius 2 is 1.77 bits per heavy atom. The van der Waals surface area contributed by atoms with Crippen LogP contribution in [0.1, 0.15) is 53.1 Å². The number of nitrogens with zero attached hydrogens (tertiary/aromatic N) is 1. The van der Waals surface area contributed by atoms with E-state index < -0.39 is 6.04 Å². The first-order chi connectivity index (χ1) is 14.8. The first kappa shape index (κ1) is 23.0. The molecule has 1 aromatic carbocycles. The highest BCUT2D eigenvalue weighted by atomic mass is 32.1. The summed E-state index contributed by atoms with van der Waals surface area (Å²) in [5.74, 6) is -0.387. The fourth-order valence-corrected chi connectivity index (χ4v) is 4.17. The minimum atomic E-state index is -0.610. The topological polar surface area (TPSA) is 98.7 Å². The van der Waals surface area contributed by atoms with E-state index in [1.807, 2.05) is 25.3 Å². The van der Waals surface area contributed by atoms with Crippen molar-refractivity contribution in [2.75, 3.05) is 18.4 Å². The number of hydrogen-bond acceptors (Lipinski definition) is 5. The predicted molar refractivity (Wildman–Crippen MR) is 121 cm³/mol. The number of aliphatic hydroxyl groups excluding tert-OH is 1. The van der Waals surface area contributed by atoms with E-state index in [0.717, 1.165) is 0 Å². The number of aliphatic hydroxyl groups is 1. The van der Waals surface area contributed by atoms with E-state index in [2.05, 4.69) is 10.6 Å². The van der Waals surface area contributed by atoms with Gasteiger partial charge in [0.1, 0.15) is 6.04 Å². The Morgan fingerprint density at radius 1 is 1.10 bits per heavy atom. The summed E-state index contributed by atoms with van der Waals surface area (Å²) in [4.78, 5) is 40.3. The molecule has 0 radical (unpaired) electrons. The van der Waals surface area contributed by atoms with Crippen molar-refractivity contribution in [3.63, 3.8) is 0 Å². The van der Waals surface area contributed by atoms with Gasteiger partial charge in [-0.2, -0.15) is 0 Å². The van der Waals surface area contributed by atoms with Gasteiger partial charge in [0.25, 0.3) is 11.8 Å². The molecule has 2 heterocycles. The van der Waals surface area contributed by atoms with Crippen LogP contribution in [0.15, 0.2) is 41.8 Å². The number of rotatable bonds is 7. The highest BCUT2D eigenvalue weighted by Crippen LogP contribution is 2.17. The van der Waals surface area contributed by atoms with Gasteiger partial charge >= 0.3 is 0 Å². The first-order valence-corrected chi connectivity index (χ1v) is 11.4. The zero-order chi connectivity index (χ0) is 22.4. The fraction of sp³-hybridized carbons (Fsp3) is 0.435. The molecule has 1 saturated heterocycles. The zero-order valence-corrected chi connectivity index (χ0v) is 18.7. The van der Waals surface area contributed by atoms with Gasteiger partial charge < -0.3 is 20.6 Å². The molecule has 1 atom stereocenters. The monoisotopic (exact) mass is 443 g/mol. The Bertz CT molecular complexity index is 888. The molecule has 0 saturated carbocycles. The molecule has 0 spiro atoms. The quantitative estimate of drug-likeness (QED) is 0.612. The van der Waals surface area contributed by atoms with E-state index in [1.165, 1.54) is 11.3 Å². The van der Waals surface area contributed by atoms with Gasteiger partial charge in [-0.3, -0.25) is 14.4 Å². The number of hydrogen-bond donors (Lipinski definition) is 3. The smallest absolute Gasteiger partial charge is 0.265 e. The van der Waals surface area contributed by atoms with Crippen molar-refractivity contribution in [1.82, 2.24) is 10.2 Å². The summed E-state index contributed by atoms with van der Waals surface area (Å²) >= 11 is 1.36. The molecule has 31 heavy (non-hydrogen) atoms. The lowest BCUT2D eigenvalue weighted by Gasteiger charge is -2.33. The summed E-state index contributed by atoms with van der Waals surface area (Å²) in [6, 6.07) is 9.56. The second-order valence-corrected chi connectivity index (χ2v) is 9.17. The van der Waals surface area contributed by atoms with Crippen molar-refractivity contribution >= 4 is 34.7 Å². The van der Waals surface area contributed by atoms with Crippen LogP contribution in [0.3, 0.4) is 0 Å². The van der Waals surface area contributed by atoms with Gasteiger partial charge in [-0.1, -0.05) is 19.9 Å². The lowest BCUT2D eigenvalue weighted by molar-refractivity contribution is -0.135. The van der Waals surface area contributed by atoms with Crippen molar-refractivity contribution in [1.29, 1.82) is 0 Å². The molecular weight excluding hydrogens is 414 g/mol. The lowest BCUT2D eigenvalue weighted by Crippen LogP contribution is -2.51. The number of piperidine rings is 1. The van der Waals surface area contributed by atoms with Gasteiger partial charge in [-0.15, -0.1) is 11.3 Å². The predicted octanol–water partition coefficient (Wildman–Crippen LogP) is 3.13. The Kier molecular flexibility index (Phi) is 7.81. The number of carbonyl (C=O) groups excluding carboxylic acids is 3. The number of likely N-dealkylation sites (tertiary alicyclic amines) is 1. The minimum absolute atomic E-state index is 0.103. The molecular formula is C23H29N3O4S. The summed E-state index contributed by atoms with van der Waals surface area (Å²) in [5, 5.41) is 17.2. The Labute approximate surface area is 186 Å². The van der Waals surface area contributed by atoms with E-state index in [1.54, 1.807) is 35.2 Å². The normalized spacial score (nSPS) is 15.5. The van der Waals surface area contributed by atoms with E-state index in [0.29, 0.717) is 48.5 Å². The largest absolute Gasteiger partial charge is 0.393 e. The fourth-order valence-electron chi connectivity index (χ4n) is 3.55. The molecule has 166 valence electrons. The van der Waals surface area contributed by atoms with Crippen LogP contribution in [0.25, 0.3) is 0 Å². The molecule has 0 unspecified atom stereocenters. The third-order valence-corrected chi connectivity index (χ3v) is 6.11. The summed E-state index contributed by atoms with van der Waals surface area (Å²) in [6.45, 7) is 5.03. The van der Waals surface area contributed by atoms with Crippen molar-refractivity contribution in [2.24, 2.45) is 5.92 Å². The van der Waals surface area contributed by atoms with Gasteiger partial charge in [0.2, 0.25) is 5.91 Å². The van der Waals surface area contributed by atoms with E-state index in [-0.39, 0.29) is 29.7 Å². The summed E-state index contributed by atoms with van der Waals surface area (Å²) in [7, 11) is 0. The average molecular weight is 444 g/mol. The van der Waals surface area contributed by atoms with Crippen molar-refractivity contribution in [3.05, 3.63) is 52.2 Å². The maximum Gasteiger partial charge on any atom is 0.265 e. The number of benzene rings is 1. The summed E-state index contributed by atoms with van der Waals surface area (Å²) < 4.78 is 0. The number of amides is 3. The van der Waals surface area contributed by atoms with E-state index in [4.69, 9.17) is 0 Å². The molecule has 8 heteroatoms. The maximum atomic E-state index is 13.0. The van der Waals surface area contributed by atoms with Crippen LogP contribution in [-0.4, -0.2) is 53.0 Å².